The summed E-state index contributed by atoms with van der Waals surface area (Å²) in [6, 6.07) is 17.5. The highest BCUT2D eigenvalue weighted by atomic mass is 32.2. The molecule has 2 saturated heterocycles. The molecule has 2 aromatic rings. The Morgan fingerprint density at radius 3 is 2.12 bits per heavy atom. The maximum absolute atomic E-state index is 12.9. The van der Waals surface area contributed by atoms with E-state index in [1.165, 1.54) is 19.5 Å². The fourth-order valence-electron chi connectivity index (χ4n) is 3.92. The van der Waals surface area contributed by atoms with E-state index in [1.54, 1.807) is 25.1 Å². The van der Waals surface area contributed by atoms with Crippen molar-refractivity contribution in [2.45, 2.75) is 13.0 Å². The summed E-state index contributed by atoms with van der Waals surface area (Å²) in [6.45, 7) is 3.35. The largest absolute Gasteiger partial charge is 0.333 e. The quantitative estimate of drug-likeness (QED) is 0.626. The molecule has 1 atom stereocenters. The lowest BCUT2D eigenvalue weighted by atomic mass is 10.2. The lowest BCUT2D eigenvalue weighted by molar-refractivity contribution is -0.128. The van der Waals surface area contributed by atoms with Gasteiger partial charge in [0.1, 0.15) is 6.04 Å². The molecule has 4 rings (SSSR count). The second-order valence-electron chi connectivity index (χ2n) is 7.85. The second-order valence-corrected chi connectivity index (χ2v) is 9.67. The molecule has 9 heteroatoms. The average Bonchev–Trinajstić information content (AvgIpc) is 3.02. The third-order valence-corrected chi connectivity index (χ3v) is 7.31. The van der Waals surface area contributed by atoms with E-state index < -0.39 is 16.1 Å². The molecule has 3 amide bonds. The monoisotopic (exact) mass is 454 g/mol. The molecule has 168 valence electrons. The van der Waals surface area contributed by atoms with Crippen molar-refractivity contribution in [3.8, 4) is 0 Å². The van der Waals surface area contributed by atoms with E-state index in [2.05, 4.69) is 0 Å². The van der Waals surface area contributed by atoms with Gasteiger partial charge in [0.15, 0.2) is 0 Å². The molecular formula is C23H26N4O4S. The summed E-state index contributed by atoms with van der Waals surface area (Å²) < 4.78 is 26.7. The second kappa shape index (κ2) is 9.23. The first-order chi connectivity index (χ1) is 15.4. The van der Waals surface area contributed by atoms with E-state index in [0.717, 1.165) is 5.56 Å². The number of amides is 3. The maximum Gasteiger partial charge on any atom is 0.333 e. The highest BCUT2D eigenvalue weighted by Crippen LogP contribution is 2.26. The molecule has 0 aromatic heterocycles. The van der Waals surface area contributed by atoms with Crippen molar-refractivity contribution < 1.29 is 18.0 Å². The van der Waals surface area contributed by atoms with Crippen LogP contribution in [0, 0.1) is 0 Å². The number of piperazine rings is 1. The molecule has 0 bridgehead atoms. The van der Waals surface area contributed by atoms with Crippen molar-refractivity contribution in [2.24, 2.45) is 0 Å². The molecule has 32 heavy (non-hydrogen) atoms. The number of rotatable bonds is 6. The average molecular weight is 455 g/mol. The number of sulfonamides is 1. The van der Waals surface area contributed by atoms with Gasteiger partial charge in [0.25, 0.3) is 5.91 Å². The van der Waals surface area contributed by atoms with Gasteiger partial charge in [-0.1, -0.05) is 48.5 Å². The maximum atomic E-state index is 12.9. The number of hydrogen-bond donors (Lipinski definition) is 0. The number of anilines is 1. The van der Waals surface area contributed by atoms with Crippen LogP contribution < -0.4 is 4.90 Å². The van der Waals surface area contributed by atoms with Crippen LogP contribution in [0.2, 0.25) is 0 Å². The van der Waals surface area contributed by atoms with Gasteiger partial charge in [-0.15, -0.1) is 0 Å². The molecular weight excluding hydrogens is 428 g/mol. The van der Waals surface area contributed by atoms with E-state index in [-0.39, 0.29) is 18.6 Å². The third-order valence-electron chi connectivity index (χ3n) is 5.75. The van der Waals surface area contributed by atoms with E-state index in [4.69, 9.17) is 0 Å². The molecule has 2 aliphatic heterocycles. The Balaban J connectivity index is 1.36. The molecule has 2 heterocycles. The predicted octanol–water partition coefficient (Wildman–Crippen LogP) is 2.42. The molecule has 0 spiro atoms. The van der Waals surface area contributed by atoms with Crippen LogP contribution in [0.4, 0.5) is 10.5 Å². The molecule has 2 aliphatic rings. The summed E-state index contributed by atoms with van der Waals surface area (Å²) >= 11 is 0. The lowest BCUT2D eigenvalue weighted by Crippen LogP contribution is -2.52. The third kappa shape index (κ3) is 4.59. The van der Waals surface area contributed by atoms with E-state index in [0.29, 0.717) is 31.9 Å². The minimum absolute atomic E-state index is 0.152. The highest BCUT2D eigenvalue weighted by molar-refractivity contribution is 7.92. The molecule has 0 radical (unpaired) electrons. The van der Waals surface area contributed by atoms with Crippen LogP contribution in [0.3, 0.4) is 0 Å². The molecule has 0 N–H and O–H groups in total. The summed E-state index contributed by atoms with van der Waals surface area (Å²) in [5.41, 5.74) is 1.50. The van der Waals surface area contributed by atoms with E-state index in [9.17, 15) is 18.0 Å². The fraction of sp³-hybridized carbons (Fsp3) is 0.304. The first kappa shape index (κ1) is 22.2. The van der Waals surface area contributed by atoms with Crippen molar-refractivity contribution in [1.82, 2.24) is 14.1 Å². The van der Waals surface area contributed by atoms with Crippen LogP contribution in [0.25, 0.3) is 6.08 Å². The minimum Gasteiger partial charge on any atom is -0.283 e. The SMILES string of the molecule is CC1C(=O)N(CN2CCN(S(=O)(=O)/C=C/c3ccccc3)CC2)C(=O)N1c1ccccc1. The predicted molar refractivity (Wildman–Crippen MR) is 123 cm³/mol. The van der Waals surface area contributed by atoms with E-state index >= 15 is 0 Å². The lowest BCUT2D eigenvalue weighted by Gasteiger charge is -2.34. The van der Waals surface area contributed by atoms with E-state index in [1.807, 2.05) is 53.4 Å². The molecule has 8 nitrogen and oxygen atoms in total. The number of benzene rings is 2. The van der Waals surface area contributed by atoms with Gasteiger partial charge in [0, 0.05) is 37.3 Å². The molecule has 0 saturated carbocycles. The van der Waals surface area contributed by atoms with Gasteiger partial charge in [0.2, 0.25) is 10.0 Å². The molecule has 2 aromatic carbocycles. The van der Waals surface area contributed by atoms with Crippen LogP contribution in [0.15, 0.2) is 66.1 Å². The van der Waals surface area contributed by atoms with Gasteiger partial charge in [-0.25, -0.2) is 18.1 Å². The Labute approximate surface area is 188 Å². The Bertz CT molecular complexity index is 1100. The van der Waals surface area contributed by atoms with Gasteiger partial charge in [-0.3, -0.25) is 14.6 Å². The van der Waals surface area contributed by atoms with Crippen LogP contribution in [0.5, 0.6) is 0 Å². The smallest absolute Gasteiger partial charge is 0.283 e. The van der Waals surface area contributed by atoms with Gasteiger partial charge in [0.05, 0.1) is 6.67 Å². The Kier molecular flexibility index (Phi) is 6.40. The summed E-state index contributed by atoms with van der Waals surface area (Å²) in [7, 11) is -3.54. The zero-order valence-corrected chi connectivity index (χ0v) is 18.7. The zero-order chi connectivity index (χ0) is 22.7. The van der Waals surface area contributed by atoms with Crippen LogP contribution >= 0.6 is 0 Å². The van der Waals surface area contributed by atoms with Crippen molar-refractivity contribution >= 4 is 33.7 Å². The molecule has 2 fully saturated rings. The van der Waals surface area contributed by atoms with Crippen molar-refractivity contribution in [1.29, 1.82) is 0 Å². The number of carbonyl (C=O) groups excluding carboxylic acids is 2. The van der Waals surface area contributed by atoms with Gasteiger partial charge in [-0.2, -0.15) is 4.31 Å². The fourth-order valence-corrected chi connectivity index (χ4v) is 5.09. The molecule has 1 unspecified atom stereocenters. The van der Waals surface area contributed by atoms with Gasteiger partial charge >= 0.3 is 6.03 Å². The molecule has 0 aliphatic carbocycles. The van der Waals surface area contributed by atoms with Crippen molar-refractivity contribution in [3.63, 3.8) is 0 Å². The first-order valence-corrected chi connectivity index (χ1v) is 12.0. The minimum atomic E-state index is -3.54. The summed E-state index contributed by atoms with van der Waals surface area (Å²) in [5.74, 6) is -0.250. The highest BCUT2D eigenvalue weighted by Gasteiger charge is 2.44. The Hall–Kier alpha value is -3.01. The van der Waals surface area contributed by atoms with Gasteiger partial charge < -0.3 is 0 Å². The standard InChI is InChI=1S/C23H26N4O4S/c1-19-22(28)26(23(29)27(19)21-10-6-3-7-11-21)18-24-13-15-25(16-14-24)32(30,31)17-12-20-8-4-2-5-9-20/h2-12,17,19H,13-16,18H2,1H3/b17-12+. The number of carbonyl (C=O) groups is 2. The Morgan fingerprint density at radius 1 is 0.906 bits per heavy atom. The first-order valence-electron chi connectivity index (χ1n) is 10.5. The number of para-hydroxylation sites is 1. The summed E-state index contributed by atoms with van der Waals surface area (Å²) in [5, 5.41) is 1.23. The normalized spacial score (nSPS) is 21.1. The van der Waals surface area contributed by atoms with Crippen LogP contribution in [-0.4, -0.2) is 73.4 Å². The summed E-state index contributed by atoms with van der Waals surface area (Å²) in [6.07, 6.45) is 1.59. The number of hydrogen-bond acceptors (Lipinski definition) is 5. The van der Waals surface area contributed by atoms with Crippen molar-refractivity contribution in [2.75, 3.05) is 37.7 Å². The Morgan fingerprint density at radius 2 is 1.50 bits per heavy atom. The number of imide groups is 1. The van der Waals surface area contributed by atoms with Crippen LogP contribution in [0.1, 0.15) is 12.5 Å². The number of urea groups is 1. The van der Waals surface area contributed by atoms with Gasteiger partial charge in [-0.05, 0) is 30.7 Å². The number of nitrogens with zero attached hydrogens (tertiary/aromatic N) is 4. The van der Waals surface area contributed by atoms with Crippen LogP contribution in [-0.2, 0) is 14.8 Å². The zero-order valence-electron chi connectivity index (χ0n) is 17.9. The topological polar surface area (TPSA) is 81.2 Å². The van der Waals surface area contributed by atoms with Crippen molar-refractivity contribution in [3.05, 3.63) is 71.6 Å². The summed E-state index contributed by atoms with van der Waals surface area (Å²) in [4.78, 5) is 30.3.